The van der Waals surface area contributed by atoms with Crippen LogP contribution in [0.25, 0.3) is 0 Å². The number of nitrogens with zero attached hydrogens (tertiary/aromatic N) is 1. The molecule has 0 saturated carbocycles. The molecule has 1 saturated heterocycles. The van der Waals surface area contributed by atoms with Crippen LogP contribution in [-0.4, -0.2) is 24.0 Å². The third-order valence-electron chi connectivity index (χ3n) is 5.63. The van der Waals surface area contributed by atoms with Gasteiger partial charge in [-0.25, -0.2) is 0 Å². The average Bonchev–Trinajstić information content (AvgIpc) is 2.85. The van der Waals surface area contributed by atoms with Crippen molar-refractivity contribution < 1.29 is 14.3 Å². The molecule has 2 atom stereocenters. The summed E-state index contributed by atoms with van der Waals surface area (Å²) in [4.78, 5) is 14.4. The van der Waals surface area contributed by atoms with E-state index in [-0.39, 0.29) is 11.8 Å². The number of amides is 1. The van der Waals surface area contributed by atoms with Gasteiger partial charge in [-0.2, -0.15) is 0 Å². The first kappa shape index (κ1) is 13.9. The van der Waals surface area contributed by atoms with Crippen molar-refractivity contribution >= 4 is 5.91 Å². The quantitative estimate of drug-likeness (QED) is 0.801. The summed E-state index contributed by atoms with van der Waals surface area (Å²) in [5.41, 5.74) is 3.61. The molecular formula is C20H19NO3. The van der Waals surface area contributed by atoms with Crippen molar-refractivity contribution in [3.63, 3.8) is 0 Å². The predicted octanol–water partition coefficient (Wildman–Crippen LogP) is 3.83. The summed E-state index contributed by atoms with van der Waals surface area (Å²) in [5, 5.41) is 0. The van der Waals surface area contributed by atoms with Gasteiger partial charge in [-0.05, 0) is 30.5 Å². The lowest BCUT2D eigenvalue weighted by atomic mass is 9.82. The number of rotatable bonds is 1. The molecule has 3 heterocycles. The van der Waals surface area contributed by atoms with E-state index in [2.05, 4.69) is 23.1 Å². The number of para-hydroxylation sites is 1. The first-order chi connectivity index (χ1) is 11.8. The molecule has 2 aromatic carbocycles. The number of hydrogen-bond acceptors (Lipinski definition) is 3. The molecule has 4 heteroatoms. The Morgan fingerprint density at radius 1 is 1.21 bits per heavy atom. The fraction of sp³-hybridized carbons (Fsp3) is 0.350. The normalized spacial score (nSPS) is 23.7. The van der Waals surface area contributed by atoms with Crippen molar-refractivity contribution in [3.05, 3.63) is 53.1 Å². The Balaban J connectivity index is 1.74. The number of hydrogen-bond donors (Lipinski definition) is 0. The largest absolute Gasteiger partial charge is 0.493 e. The van der Waals surface area contributed by atoms with Crippen LogP contribution in [0.1, 0.15) is 41.9 Å². The summed E-state index contributed by atoms with van der Waals surface area (Å²) in [7, 11) is 1.68. The van der Waals surface area contributed by atoms with E-state index in [1.807, 2.05) is 18.2 Å². The van der Waals surface area contributed by atoms with E-state index in [1.165, 1.54) is 16.7 Å². The highest BCUT2D eigenvalue weighted by Crippen LogP contribution is 2.53. The second-order valence-electron chi connectivity index (χ2n) is 6.81. The predicted molar refractivity (Wildman–Crippen MR) is 89.5 cm³/mol. The Labute approximate surface area is 141 Å². The number of carbonyl (C=O) groups is 1. The summed E-state index contributed by atoms with van der Waals surface area (Å²) in [6.45, 7) is 0.678. The van der Waals surface area contributed by atoms with E-state index < -0.39 is 0 Å². The van der Waals surface area contributed by atoms with Gasteiger partial charge in [0.15, 0.2) is 11.5 Å². The van der Waals surface area contributed by atoms with Crippen LogP contribution in [-0.2, 0) is 11.3 Å². The van der Waals surface area contributed by atoms with E-state index in [9.17, 15) is 4.79 Å². The average molecular weight is 321 g/mol. The van der Waals surface area contributed by atoms with Gasteiger partial charge in [-0.1, -0.05) is 24.3 Å². The van der Waals surface area contributed by atoms with E-state index >= 15 is 0 Å². The number of methoxy groups -OCH3 is 1. The minimum Gasteiger partial charge on any atom is -0.493 e. The maximum atomic E-state index is 12.3. The van der Waals surface area contributed by atoms with Gasteiger partial charge >= 0.3 is 0 Å². The van der Waals surface area contributed by atoms with Crippen LogP contribution in [0.5, 0.6) is 17.2 Å². The molecule has 1 amide bonds. The summed E-state index contributed by atoms with van der Waals surface area (Å²) >= 11 is 0. The lowest BCUT2D eigenvalue weighted by Gasteiger charge is -2.30. The van der Waals surface area contributed by atoms with Crippen LogP contribution in [0.15, 0.2) is 36.4 Å². The number of fused-ring (bicyclic) bond motifs is 3. The monoisotopic (exact) mass is 321 g/mol. The van der Waals surface area contributed by atoms with Crippen LogP contribution in [0, 0.1) is 0 Å². The van der Waals surface area contributed by atoms with Gasteiger partial charge in [0.2, 0.25) is 5.91 Å². The zero-order chi connectivity index (χ0) is 16.3. The van der Waals surface area contributed by atoms with Gasteiger partial charge < -0.3 is 14.4 Å². The molecule has 0 bridgehead atoms. The minimum absolute atomic E-state index is 0.260. The highest BCUT2D eigenvalue weighted by atomic mass is 16.5. The zero-order valence-electron chi connectivity index (χ0n) is 13.6. The summed E-state index contributed by atoms with van der Waals surface area (Å²) in [6.07, 6.45) is 2.59. The lowest BCUT2D eigenvalue weighted by Crippen LogP contribution is -2.31. The molecule has 2 aromatic rings. The Bertz CT molecular complexity index is 845. The summed E-state index contributed by atoms with van der Waals surface area (Å²) in [5.74, 6) is 3.03. The molecule has 1 fully saturated rings. The molecule has 3 aliphatic rings. The second-order valence-corrected chi connectivity index (χ2v) is 6.81. The molecule has 24 heavy (non-hydrogen) atoms. The molecule has 0 spiro atoms. The second kappa shape index (κ2) is 5.00. The Morgan fingerprint density at radius 2 is 2.08 bits per heavy atom. The summed E-state index contributed by atoms with van der Waals surface area (Å²) in [6, 6.07) is 12.6. The number of carbonyl (C=O) groups excluding carboxylic acids is 1. The maximum Gasteiger partial charge on any atom is 0.223 e. The van der Waals surface area contributed by atoms with Crippen LogP contribution in [0.2, 0.25) is 0 Å². The fourth-order valence-corrected chi connectivity index (χ4v) is 4.49. The highest BCUT2D eigenvalue weighted by Gasteiger charge is 2.41. The lowest BCUT2D eigenvalue weighted by molar-refractivity contribution is -0.129. The van der Waals surface area contributed by atoms with Crippen LogP contribution in [0.3, 0.4) is 0 Å². The van der Waals surface area contributed by atoms with Crippen molar-refractivity contribution in [2.45, 2.75) is 37.8 Å². The number of ether oxygens (including phenoxy) is 2. The zero-order valence-corrected chi connectivity index (χ0v) is 13.6. The molecule has 0 radical (unpaired) electrons. The molecule has 3 aliphatic heterocycles. The van der Waals surface area contributed by atoms with E-state index in [4.69, 9.17) is 9.47 Å². The number of benzene rings is 2. The first-order valence-corrected chi connectivity index (χ1v) is 8.52. The minimum atomic E-state index is 0.260. The van der Waals surface area contributed by atoms with Crippen molar-refractivity contribution in [2.24, 2.45) is 0 Å². The third kappa shape index (κ3) is 1.83. The van der Waals surface area contributed by atoms with Gasteiger partial charge in [0, 0.05) is 36.1 Å². The van der Waals surface area contributed by atoms with Crippen LogP contribution < -0.4 is 9.47 Å². The van der Waals surface area contributed by atoms with Gasteiger partial charge in [-0.3, -0.25) is 4.79 Å². The Morgan fingerprint density at radius 3 is 2.96 bits per heavy atom. The van der Waals surface area contributed by atoms with Gasteiger partial charge in [0.1, 0.15) is 5.75 Å². The molecular weight excluding hydrogens is 302 g/mol. The molecule has 0 aromatic heterocycles. The van der Waals surface area contributed by atoms with Crippen molar-refractivity contribution in [2.75, 3.05) is 7.11 Å². The van der Waals surface area contributed by atoms with Gasteiger partial charge in [0.25, 0.3) is 0 Å². The Kier molecular flexibility index (Phi) is 2.90. The summed E-state index contributed by atoms with van der Waals surface area (Å²) < 4.78 is 11.8. The molecule has 122 valence electrons. The van der Waals surface area contributed by atoms with E-state index in [0.717, 1.165) is 30.1 Å². The standard InChI is InChI=1S/C20H19NO3/c1-23-17-8-6-12-11-21-13(7-9-18(21)22)10-15-14-4-2-3-5-16(14)24-20(17)19(12)15/h2-6,8,13,15H,7,9-11H2,1H3/t13-,15-/m1/s1. The molecule has 0 N–H and O–H groups in total. The fourth-order valence-electron chi connectivity index (χ4n) is 4.49. The third-order valence-corrected chi connectivity index (χ3v) is 5.63. The van der Waals surface area contributed by atoms with Gasteiger partial charge in [0.05, 0.1) is 7.11 Å². The first-order valence-electron chi connectivity index (χ1n) is 8.52. The van der Waals surface area contributed by atoms with Crippen molar-refractivity contribution in [1.82, 2.24) is 4.90 Å². The smallest absolute Gasteiger partial charge is 0.223 e. The SMILES string of the molecule is COc1ccc2c3c1Oc1ccccc1[C@H]3C[C@H]1CCC(=O)N1C2. The maximum absolute atomic E-state index is 12.3. The topological polar surface area (TPSA) is 38.8 Å². The van der Waals surface area contributed by atoms with E-state index in [0.29, 0.717) is 19.0 Å². The van der Waals surface area contributed by atoms with E-state index in [1.54, 1.807) is 7.11 Å². The molecule has 0 unspecified atom stereocenters. The van der Waals surface area contributed by atoms with Crippen LogP contribution in [0.4, 0.5) is 0 Å². The van der Waals surface area contributed by atoms with Crippen molar-refractivity contribution in [3.8, 4) is 17.2 Å². The highest BCUT2D eigenvalue weighted by molar-refractivity contribution is 5.79. The molecule has 0 aliphatic carbocycles. The van der Waals surface area contributed by atoms with Crippen LogP contribution >= 0.6 is 0 Å². The molecule has 5 rings (SSSR count). The van der Waals surface area contributed by atoms with Crippen molar-refractivity contribution in [1.29, 1.82) is 0 Å². The Hall–Kier alpha value is -2.49. The van der Waals surface area contributed by atoms with Gasteiger partial charge in [-0.15, -0.1) is 0 Å². The molecule has 4 nitrogen and oxygen atoms in total.